The molecule has 0 aliphatic heterocycles. The van der Waals surface area contributed by atoms with Crippen LogP contribution in [0.2, 0.25) is 0 Å². The molecule has 1 N–H and O–H groups in total. The van der Waals surface area contributed by atoms with E-state index in [9.17, 15) is 12.8 Å². The third-order valence-electron chi connectivity index (χ3n) is 2.45. The van der Waals surface area contributed by atoms with E-state index in [1.54, 1.807) is 13.0 Å². The van der Waals surface area contributed by atoms with Crippen molar-refractivity contribution in [1.29, 1.82) is 0 Å². The summed E-state index contributed by atoms with van der Waals surface area (Å²) in [7, 11) is -3.45. The van der Waals surface area contributed by atoms with E-state index in [2.05, 4.69) is 5.16 Å². The Morgan fingerprint density at radius 3 is 2.47 bits per heavy atom. The molecular weight excluding hydrogens is 245 g/mol. The highest BCUT2D eigenvalue weighted by molar-refractivity contribution is 7.92. The Kier molecular flexibility index (Phi) is 4.22. The van der Waals surface area contributed by atoms with Crippen LogP contribution < -0.4 is 0 Å². The molecule has 1 rings (SSSR count). The number of halogens is 1. The van der Waals surface area contributed by atoms with Gasteiger partial charge in [-0.1, -0.05) is 30.3 Å². The Hall–Kier alpha value is -1.43. The van der Waals surface area contributed by atoms with E-state index in [-0.39, 0.29) is 17.7 Å². The standard InChI is InChI=1S/C11H14FNO3S/c1-3-10(17(2,15)16)11(13-14)8-6-4-5-7-9(8)12/h4-7,10,14H,3H2,1-2H3/b13-11+. The van der Waals surface area contributed by atoms with Gasteiger partial charge in [-0.25, -0.2) is 12.8 Å². The molecule has 1 unspecified atom stereocenters. The van der Waals surface area contributed by atoms with Gasteiger partial charge in [0.25, 0.3) is 0 Å². The molecule has 1 aromatic rings. The van der Waals surface area contributed by atoms with Gasteiger partial charge in [0.15, 0.2) is 9.84 Å². The van der Waals surface area contributed by atoms with Crippen LogP contribution in [-0.2, 0) is 9.84 Å². The first-order chi connectivity index (χ1) is 7.91. The number of hydrogen-bond acceptors (Lipinski definition) is 4. The van der Waals surface area contributed by atoms with Crippen LogP contribution in [0.4, 0.5) is 4.39 Å². The van der Waals surface area contributed by atoms with E-state index in [0.29, 0.717) is 0 Å². The van der Waals surface area contributed by atoms with E-state index in [1.807, 2.05) is 0 Å². The highest BCUT2D eigenvalue weighted by atomic mass is 32.2. The van der Waals surface area contributed by atoms with Gasteiger partial charge in [-0.05, 0) is 12.5 Å². The molecule has 0 aromatic heterocycles. The van der Waals surface area contributed by atoms with E-state index in [1.165, 1.54) is 18.2 Å². The number of benzene rings is 1. The molecule has 0 spiro atoms. The van der Waals surface area contributed by atoms with E-state index < -0.39 is 20.9 Å². The molecule has 0 bridgehead atoms. The summed E-state index contributed by atoms with van der Waals surface area (Å²) in [6.45, 7) is 1.64. The SMILES string of the molecule is CCC(/C(=N/O)c1ccccc1F)S(C)(=O)=O. The van der Waals surface area contributed by atoms with Crippen molar-refractivity contribution < 1.29 is 18.0 Å². The maximum absolute atomic E-state index is 13.5. The highest BCUT2D eigenvalue weighted by Crippen LogP contribution is 2.16. The van der Waals surface area contributed by atoms with Gasteiger partial charge in [-0.15, -0.1) is 0 Å². The topological polar surface area (TPSA) is 66.7 Å². The van der Waals surface area contributed by atoms with Crippen molar-refractivity contribution in [3.05, 3.63) is 35.6 Å². The predicted octanol–water partition coefficient (Wildman–Crippen LogP) is 1.83. The van der Waals surface area contributed by atoms with E-state index in [0.717, 1.165) is 6.26 Å². The Morgan fingerprint density at radius 1 is 1.47 bits per heavy atom. The van der Waals surface area contributed by atoms with E-state index >= 15 is 0 Å². The lowest BCUT2D eigenvalue weighted by Crippen LogP contribution is -2.30. The minimum Gasteiger partial charge on any atom is -0.411 e. The maximum Gasteiger partial charge on any atom is 0.156 e. The third-order valence-corrected chi connectivity index (χ3v) is 4.04. The lowest BCUT2D eigenvalue weighted by Gasteiger charge is -2.15. The average molecular weight is 259 g/mol. The van der Waals surface area contributed by atoms with Crippen LogP contribution in [0.3, 0.4) is 0 Å². The second-order valence-corrected chi connectivity index (χ2v) is 5.92. The molecular formula is C11H14FNO3S. The second kappa shape index (κ2) is 5.27. The minimum absolute atomic E-state index is 0.00674. The van der Waals surface area contributed by atoms with Crippen molar-refractivity contribution in [1.82, 2.24) is 0 Å². The number of hydrogen-bond donors (Lipinski definition) is 1. The number of rotatable bonds is 4. The van der Waals surface area contributed by atoms with Crippen LogP contribution in [0.1, 0.15) is 18.9 Å². The summed E-state index contributed by atoms with van der Waals surface area (Å²) in [5, 5.41) is 10.9. The van der Waals surface area contributed by atoms with Crippen molar-refractivity contribution >= 4 is 15.5 Å². The molecule has 0 aliphatic rings. The van der Waals surface area contributed by atoms with Crippen molar-refractivity contribution in [2.75, 3.05) is 6.26 Å². The fourth-order valence-electron chi connectivity index (χ4n) is 1.66. The first-order valence-electron chi connectivity index (χ1n) is 5.07. The molecule has 1 aromatic carbocycles. The zero-order valence-corrected chi connectivity index (χ0v) is 10.4. The van der Waals surface area contributed by atoms with Crippen LogP contribution in [0, 0.1) is 5.82 Å². The molecule has 6 heteroatoms. The number of oxime groups is 1. The minimum atomic E-state index is -3.45. The maximum atomic E-state index is 13.5. The van der Waals surface area contributed by atoms with Gasteiger partial charge in [-0.2, -0.15) is 0 Å². The predicted molar refractivity (Wildman–Crippen MR) is 63.6 cm³/mol. The Bertz CT molecular complexity index is 525. The Morgan fingerprint density at radius 2 is 2.06 bits per heavy atom. The van der Waals surface area contributed by atoms with Crippen LogP contribution in [0.25, 0.3) is 0 Å². The summed E-state index contributed by atoms with van der Waals surface area (Å²) in [5.74, 6) is -0.609. The second-order valence-electron chi connectivity index (χ2n) is 3.69. The van der Waals surface area contributed by atoms with Gasteiger partial charge in [0.05, 0.1) is 0 Å². The largest absolute Gasteiger partial charge is 0.411 e. The summed E-state index contributed by atoms with van der Waals surface area (Å²) in [5.41, 5.74) is -0.152. The molecule has 0 saturated heterocycles. The highest BCUT2D eigenvalue weighted by Gasteiger charge is 2.28. The van der Waals surface area contributed by atoms with Gasteiger partial charge >= 0.3 is 0 Å². The van der Waals surface area contributed by atoms with Crippen LogP contribution in [0.15, 0.2) is 29.4 Å². The molecule has 0 radical (unpaired) electrons. The molecule has 0 heterocycles. The van der Waals surface area contributed by atoms with Crippen LogP contribution >= 0.6 is 0 Å². The quantitative estimate of drug-likeness (QED) is 0.509. The summed E-state index contributed by atoms with van der Waals surface area (Å²) in [6, 6.07) is 5.61. The van der Waals surface area contributed by atoms with Gasteiger partial charge < -0.3 is 5.21 Å². The summed E-state index contributed by atoms with van der Waals surface area (Å²) < 4.78 is 36.6. The van der Waals surface area contributed by atoms with Crippen molar-refractivity contribution in [2.24, 2.45) is 5.16 Å². The molecule has 0 fully saturated rings. The van der Waals surface area contributed by atoms with Gasteiger partial charge in [0, 0.05) is 11.8 Å². The van der Waals surface area contributed by atoms with Gasteiger partial charge in [0.2, 0.25) is 0 Å². The van der Waals surface area contributed by atoms with Crippen LogP contribution in [-0.4, -0.2) is 30.8 Å². The van der Waals surface area contributed by atoms with Gasteiger partial charge in [0.1, 0.15) is 16.8 Å². The first kappa shape index (κ1) is 13.6. The lowest BCUT2D eigenvalue weighted by atomic mass is 10.1. The molecule has 0 amide bonds. The Balaban J connectivity index is 3.31. The fraction of sp³-hybridized carbons (Fsp3) is 0.364. The monoisotopic (exact) mass is 259 g/mol. The molecule has 0 saturated carbocycles. The zero-order chi connectivity index (χ0) is 13.1. The molecule has 94 valence electrons. The summed E-state index contributed by atoms with van der Waals surface area (Å²) >= 11 is 0. The lowest BCUT2D eigenvalue weighted by molar-refractivity contribution is 0.317. The van der Waals surface area contributed by atoms with E-state index in [4.69, 9.17) is 5.21 Å². The molecule has 1 atom stereocenters. The first-order valence-corrected chi connectivity index (χ1v) is 7.03. The Labute approximate surface area is 99.7 Å². The smallest absolute Gasteiger partial charge is 0.156 e. The van der Waals surface area contributed by atoms with Gasteiger partial charge in [-0.3, -0.25) is 0 Å². The normalized spacial score (nSPS) is 14.6. The van der Waals surface area contributed by atoms with Crippen molar-refractivity contribution in [3.8, 4) is 0 Å². The number of nitrogens with zero attached hydrogens (tertiary/aromatic N) is 1. The van der Waals surface area contributed by atoms with Crippen molar-refractivity contribution in [3.63, 3.8) is 0 Å². The zero-order valence-electron chi connectivity index (χ0n) is 9.59. The summed E-state index contributed by atoms with van der Waals surface area (Å²) in [4.78, 5) is 0. The fourth-order valence-corrected chi connectivity index (χ4v) is 2.84. The molecule has 4 nitrogen and oxygen atoms in total. The van der Waals surface area contributed by atoms with Crippen LogP contribution in [0.5, 0.6) is 0 Å². The average Bonchev–Trinajstić information content (AvgIpc) is 2.25. The van der Waals surface area contributed by atoms with Crippen molar-refractivity contribution in [2.45, 2.75) is 18.6 Å². The molecule has 17 heavy (non-hydrogen) atoms. The molecule has 0 aliphatic carbocycles. The summed E-state index contributed by atoms with van der Waals surface area (Å²) in [6.07, 6.45) is 1.25. The third kappa shape index (κ3) is 3.03. The number of sulfone groups is 1.